The van der Waals surface area contributed by atoms with Crippen molar-refractivity contribution in [2.45, 2.75) is 78.6 Å². The summed E-state index contributed by atoms with van der Waals surface area (Å²) in [5.74, 6) is -2.88. The Kier molecular flexibility index (Phi) is 7.43. The second kappa shape index (κ2) is 10.2. The molecule has 38 heavy (non-hydrogen) atoms. The van der Waals surface area contributed by atoms with Crippen molar-refractivity contribution in [3.63, 3.8) is 0 Å². The first-order chi connectivity index (χ1) is 17.8. The first-order valence-electron chi connectivity index (χ1n) is 13.3. The molecule has 1 aromatic rings. The molecule has 0 N–H and O–H groups in total. The molecule has 0 heterocycles. The lowest BCUT2D eigenvalue weighted by molar-refractivity contribution is -0.178. The molecule has 0 unspecified atom stereocenters. The summed E-state index contributed by atoms with van der Waals surface area (Å²) in [6, 6.07) is 8.56. The summed E-state index contributed by atoms with van der Waals surface area (Å²) in [5.41, 5.74) is -0.235. The number of esters is 3. The van der Waals surface area contributed by atoms with Crippen LogP contribution in [0.25, 0.3) is 0 Å². The molecule has 1 aromatic carbocycles. The van der Waals surface area contributed by atoms with Crippen LogP contribution >= 0.6 is 0 Å². The Morgan fingerprint density at radius 1 is 1.03 bits per heavy atom. The Balaban J connectivity index is 1.89. The van der Waals surface area contributed by atoms with Crippen LogP contribution in [0.3, 0.4) is 0 Å². The van der Waals surface area contributed by atoms with Crippen molar-refractivity contribution in [2.24, 2.45) is 29.1 Å². The van der Waals surface area contributed by atoms with Crippen LogP contribution in [0.15, 0.2) is 54.1 Å². The highest BCUT2D eigenvalue weighted by Gasteiger charge is 2.65. The van der Waals surface area contributed by atoms with Gasteiger partial charge in [0.2, 0.25) is 5.78 Å². The number of benzene rings is 1. The van der Waals surface area contributed by atoms with E-state index in [2.05, 4.69) is 20.4 Å². The first-order valence-corrected chi connectivity index (χ1v) is 13.3. The summed E-state index contributed by atoms with van der Waals surface area (Å²) >= 11 is 0. The summed E-state index contributed by atoms with van der Waals surface area (Å²) in [7, 11) is 0. The van der Waals surface area contributed by atoms with Crippen molar-refractivity contribution in [1.82, 2.24) is 0 Å². The number of carbonyl (C=O) groups excluding carboxylic acids is 4. The van der Waals surface area contributed by atoms with Crippen molar-refractivity contribution in [3.8, 4) is 0 Å². The molecule has 0 aliphatic heterocycles. The average Bonchev–Trinajstić information content (AvgIpc) is 3.24. The van der Waals surface area contributed by atoms with Gasteiger partial charge in [0.05, 0.1) is 11.5 Å². The van der Waals surface area contributed by atoms with Crippen molar-refractivity contribution < 1.29 is 33.4 Å². The maximum atomic E-state index is 14.3. The normalized spacial score (nSPS) is 35.5. The fraction of sp³-hybridized carbons (Fsp3) is 0.548. The Morgan fingerprint density at radius 2 is 1.68 bits per heavy atom. The lowest BCUT2D eigenvalue weighted by Crippen LogP contribution is -2.55. The van der Waals surface area contributed by atoms with Crippen LogP contribution in [0.5, 0.6) is 0 Å². The van der Waals surface area contributed by atoms with Gasteiger partial charge in [0.25, 0.3) is 0 Å². The third-order valence-corrected chi connectivity index (χ3v) is 8.77. The standard InChI is InChI=1S/C31H38O7/c1-17-13-14-23-24(30(23,6)7)15-18(2)28(34)31(38-21(5)33)16-19(3)27(36-20(4)32)25(31)26(17)37-29(35)22-11-9-8-10-12-22/h8-12,15,19,23-27H,1,13-14,16H2,2-7H3/b18-15+/t19-,23-,24-,25-,26-,27-,31+/m0/s1. The number of hydrogen-bond donors (Lipinski definition) is 0. The first kappa shape index (κ1) is 27.8. The average molecular weight is 523 g/mol. The van der Waals surface area contributed by atoms with Gasteiger partial charge in [0.15, 0.2) is 5.60 Å². The quantitative estimate of drug-likeness (QED) is 0.303. The molecular formula is C31H38O7. The van der Waals surface area contributed by atoms with E-state index < -0.39 is 41.6 Å². The monoisotopic (exact) mass is 522 g/mol. The predicted octanol–water partition coefficient (Wildman–Crippen LogP) is 5.24. The number of ether oxygens (including phenoxy) is 3. The highest BCUT2D eigenvalue weighted by atomic mass is 16.6. The summed E-state index contributed by atoms with van der Waals surface area (Å²) in [6.45, 7) is 14.8. The molecule has 4 rings (SSSR count). The van der Waals surface area contributed by atoms with Gasteiger partial charge in [-0.25, -0.2) is 4.79 Å². The third kappa shape index (κ3) is 4.95. The van der Waals surface area contributed by atoms with E-state index in [9.17, 15) is 19.2 Å². The molecule has 0 radical (unpaired) electrons. The van der Waals surface area contributed by atoms with Crippen LogP contribution in [0, 0.1) is 29.1 Å². The summed E-state index contributed by atoms with van der Waals surface area (Å²) in [5, 5.41) is 0. The minimum atomic E-state index is -1.69. The van der Waals surface area contributed by atoms with Crippen molar-refractivity contribution in [1.29, 1.82) is 0 Å². The number of carbonyl (C=O) groups is 4. The van der Waals surface area contributed by atoms with E-state index in [1.165, 1.54) is 13.8 Å². The van der Waals surface area contributed by atoms with E-state index in [-0.39, 0.29) is 29.5 Å². The van der Waals surface area contributed by atoms with Crippen molar-refractivity contribution in [2.75, 3.05) is 0 Å². The molecule has 2 saturated carbocycles. The van der Waals surface area contributed by atoms with E-state index in [1.807, 2.05) is 13.0 Å². The van der Waals surface area contributed by atoms with Gasteiger partial charge in [0.1, 0.15) is 12.2 Å². The van der Waals surface area contributed by atoms with Gasteiger partial charge in [-0.05, 0) is 66.2 Å². The Bertz CT molecular complexity index is 1180. The highest BCUT2D eigenvalue weighted by Crippen LogP contribution is 2.62. The summed E-state index contributed by atoms with van der Waals surface area (Å²) < 4.78 is 17.9. The number of rotatable bonds is 4. The largest absolute Gasteiger partial charge is 0.462 e. The molecule has 0 saturated heterocycles. The van der Waals surface area contributed by atoms with Crippen molar-refractivity contribution >= 4 is 23.7 Å². The van der Waals surface area contributed by atoms with Crippen LogP contribution in [0.1, 0.15) is 71.2 Å². The fourth-order valence-electron chi connectivity index (χ4n) is 6.80. The molecule has 3 aliphatic rings. The van der Waals surface area contributed by atoms with Gasteiger partial charge in [-0.3, -0.25) is 14.4 Å². The van der Waals surface area contributed by atoms with Gasteiger partial charge in [-0.15, -0.1) is 0 Å². The molecule has 0 amide bonds. The van der Waals surface area contributed by atoms with Gasteiger partial charge in [-0.2, -0.15) is 0 Å². The molecule has 7 nitrogen and oxygen atoms in total. The molecular weight excluding hydrogens is 484 g/mol. The van der Waals surface area contributed by atoms with Gasteiger partial charge < -0.3 is 14.2 Å². The Morgan fingerprint density at radius 3 is 2.29 bits per heavy atom. The van der Waals surface area contributed by atoms with Gasteiger partial charge in [0, 0.05) is 20.3 Å². The number of hydrogen-bond acceptors (Lipinski definition) is 7. The van der Waals surface area contributed by atoms with E-state index in [1.54, 1.807) is 37.3 Å². The van der Waals surface area contributed by atoms with E-state index >= 15 is 0 Å². The second-order valence-electron chi connectivity index (χ2n) is 11.8. The number of allylic oxidation sites excluding steroid dienone is 1. The SMILES string of the molecule is C=C1CC[C@H]2[C@H](/C=C(\C)C(=O)[C@@]3(OC(C)=O)C[C@H](C)[C@H](OC(C)=O)[C@@H]3[C@H]1OC(=O)c1ccccc1)C2(C)C. The molecule has 0 aromatic heterocycles. The van der Waals surface area contributed by atoms with Crippen LogP contribution in [0.4, 0.5) is 0 Å². The summed E-state index contributed by atoms with van der Waals surface area (Å²) in [6.07, 6.45) is 1.62. The molecule has 7 heteroatoms. The number of fused-ring (bicyclic) bond motifs is 2. The van der Waals surface area contributed by atoms with E-state index in [4.69, 9.17) is 14.2 Å². The van der Waals surface area contributed by atoms with Crippen LogP contribution in [0.2, 0.25) is 0 Å². The number of ketones is 1. The van der Waals surface area contributed by atoms with E-state index in [0.717, 1.165) is 6.42 Å². The topological polar surface area (TPSA) is 96.0 Å². The molecule has 204 valence electrons. The lowest BCUT2D eigenvalue weighted by Gasteiger charge is -2.40. The smallest absolute Gasteiger partial charge is 0.338 e. The predicted molar refractivity (Wildman–Crippen MR) is 141 cm³/mol. The highest BCUT2D eigenvalue weighted by molar-refractivity contribution is 6.03. The third-order valence-electron chi connectivity index (χ3n) is 8.77. The molecule has 2 fully saturated rings. The van der Waals surface area contributed by atoms with Crippen molar-refractivity contribution in [3.05, 3.63) is 59.7 Å². The molecule has 3 aliphatic carbocycles. The molecule has 7 atom stereocenters. The lowest BCUT2D eigenvalue weighted by atomic mass is 9.76. The zero-order valence-electron chi connectivity index (χ0n) is 23.1. The van der Waals surface area contributed by atoms with Gasteiger partial charge in [-0.1, -0.05) is 51.6 Å². The second-order valence-corrected chi connectivity index (χ2v) is 11.8. The molecule has 0 spiro atoms. The zero-order chi connectivity index (χ0) is 28.0. The van der Waals surface area contributed by atoms with Crippen LogP contribution in [-0.2, 0) is 28.6 Å². The Labute approximate surface area is 224 Å². The maximum absolute atomic E-state index is 14.3. The van der Waals surface area contributed by atoms with Gasteiger partial charge >= 0.3 is 17.9 Å². The number of Topliss-reactive ketones (excluding diaryl/α,β-unsaturated/α-hetero) is 1. The van der Waals surface area contributed by atoms with Crippen LogP contribution in [-0.4, -0.2) is 41.5 Å². The zero-order valence-corrected chi connectivity index (χ0v) is 23.1. The molecule has 0 bridgehead atoms. The minimum Gasteiger partial charge on any atom is -0.462 e. The van der Waals surface area contributed by atoms with Crippen LogP contribution < -0.4 is 0 Å². The van der Waals surface area contributed by atoms with E-state index in [0.29, 0.717) is 29.0 Å². The Hall–Kier alpha value is -3.22. The summed E-state index contributed by atoms with van der Waals surface area (Å²) in [4.78, 5) is 52.4. The maximum Gasteiger partial charge on any atom is 0.338 e. The fourth-order valence-corrected chi connectivity index (χ4v) is 6.80. The minimum absolute atomic E-state index is 0.00840.